The van der Waals surface area contributed by atoms with Gasteiger partial charge in [-0.1, -0.05) is 6.07 Å². The number of amides is 1. The van der Waals surface area contributed by atoms with Crippen LogP contribution >= 0.6 is 0 Å². The lowest BCUT2D eigenvalue weighted by Gasteiger charge is -2.06. The number of nitrogens with one attached hydrogen (secondary N) is 2. The van der Waals surface area contributed by atoms with Gasteiger partial charge in [0.25, 0.3) is 5.91 Å². The second-order valence-corrected chi connectivity index (χ2v) is 4.02. The van der Waals surface area contributed by atoms with Crippen LogP contribution in [0.25, 0.3) is 0 Å². The van der Waals surface area contributed by atoms with Crippen molar-refractivity contribution in [3.05, 3.63) is 69.4 Å². The van der Waals surface area contributed by atoms with Gasteiger partial charge in [0.15, 0.2) is 5.43 Å². The molecule has 0 atom stereocenters. The standard InChI is InChI=1S/C14H10FN3O2/c15-12-5-9(6-16)1-2-10(12)7-18-14(20)11-8-17-4-3-13(11)19/h1-5,8H,7H2,(H,17,19)(H,18,20). The number of halogens is 1. The number of carbonyl (C=O) groups is 1. The number of aromatic nitrogens is 1. The molecule has 1 heterocycles. The molecule has 0 spiro atoms. The summed E-state index contributed by atoms with van der Waals surface area (Å²) in [5, 5.41) is 11.1. The van der Waals surface area contributed by atoms with Crippen molar-refractivity contribution >= 4 is 5.91 Å². The lowest BCUT2D eigenvalue weighted by Crippen LogP contribution is -2.28. The van der Waals surface area contributed by atoms with E-state index < -0.39 is 17.2 Å². The van der Waals surface area contributed by atoms with Gasteiger partial charge in [-0.05, 0) is 12.1 Å². The molecule has 1 aromatic carbocycles. The predicted molar refractivity (Wildman–Crippen MR) is 69.3 cm³/mol. The Kier molecular flexibility index (Phi) is 3.91. The Bertz CT molecular complexity index is 747. The third kappa shape index (κ3) is 2.90. The maximum atomic E-state index is 13.6. The van der Waals surface area contributed by atoms with Crippen LogP contribution in [0.15, 0.2) is 41.5 Å². The van der Waals surface area contributed by atoms with Crippen LogP contribution in [0, 0.1) is 17.1 Å². The first-order valence-corrected chi connectivity index (χ1v) is 5.75. The van der Waals surface area contributed by atoms with Gasteiger partial charge in [0.1, 0.15) is 11.4 Å². The molecule has 20 heavy (non-hydrogen) atoms. The van der Waals surface area contributed by atoms with Gasteiger partial charge >= 0.3 is 0 Å². The van der Waals surface area contributed by atoms with E-state index in [2.05, 4.69) is 10.3 Å². The molecule has 0 radical (unpaired) electrons. The summed E-state index contributed by atoms with van der Waals surface area (Å²) in [6, 6.07) is 7.03. The van der Waals surface area contributed by atoms with E-state index in [4.69, 9.17) is 5.26 Å². The van der Waals surface area contributed by atoms with Crippen LogP contribution in [0.1, 0.15) is 21.5 Å². The van der Waals surface area contributed by atoms with Crippen molar-refractivity contribution < 1.29 is 9.18 Å². The van der Waals surface area contributed by atoms with Gasteiger partial charge in [-0.25, -0.2) is 4.39 Å². The summed E-state index contributed by atoms with van der Waals surface area (Å²) in [5.74, 6) is -1.16. The number of hydrogen-bond donors (Lipinski definition) is 2. The molecule has 0 aliphatic carbocycles. The molecule has 0 saturated heterocycles. The highest BCUT2D eigenvalue weighted by Gasteiger charge is 2.10. The second kappa shape index (κ2) is 5.80. The van der Waals surface area contributed by atoms with Gasteiger partial charge in [0.2, 0.25) is 0 Å². The van der Waals surface area contributed by atoms with E-state index in [-0.39, 0.29) is 23.2 Å². The van der Waals surface area contributed by atoms with Crippen LogP contribution in [0.3, 0.4) is 0 Å². The largest absolute Gasteiger partial charge is 0.367 e. The lowest BCUT2D eigenvalue weighted by atomic mass is 10.1. The lowest BCUT2D eigenvalue weighted by molar-refractivity contribution is 0.0949. The Hall–Kier alpha value is -2.94. The number of nitriles is 1. The summed E-state index contributed by atoms with van der Waals surface area (Å²) in [5.41, 5.74) is -0.00936. The van der Waals surface area contributed by atoms with Gasteiger partial charge in [-0.15, -0.1) is 0 Å². The first-order chi connectivity index (χ1) is 9.61. The zero-order valence-corrected chi connectivity index (χ0v) is 10.3. The third-order valence-corrected chi connectivity index (χ3v) is 2.69. The van der Waals surface area contributed by atoms with Crippen molar-refractivity contribution in [2.75, 3.05) is 0 Å². The van der Waals surface area contributed by atoms with Crippen molar-refractivity contribution in [3.63, 3.8) is 0 Å². The van der Waals surface area contributed by atoms with Gasteiger partial charge in [0.05, 0.1) is 11.6 Å². The van der Waals surface area contributed by atoms with Crippen LogP contribution in [-0.2, 0) is 6.54 Å². The molecule has 0 saturated carbocycles. The average molecular weight is 271 g/mol. The summed E-state index contributed by atoms with van der Waals surface area (Å²) in [4.78, 5) is 25.8. The van der Waals surface area contributed by atoms with E-state index in [1.54, 1.807) is 0 Å². The molecule has 5 nitrogen and oxygen atoms in total. The number of pyridine rings is 1. The molecule has 2 rings (SSSR count). The summed E-state index contributed by atoms with van der Waals surface area (Å²) >= 11 is 0. The maximum Gasteiger partial charge on any atom is 0.257 e. The fourth-order valence-corrected chi connectivity index (χ4v) is 1.62. The fourth-order valence-electron chi connectivity index (χ4n) is 1.62. The molecule has 1 aromatic heterocycles. The van der Waals surface area contributed by atoms with Crippen molar-refractivity contribution in [2.24, 2.45) is 0 Å². The number of aromatic amines is 1. The van der Waals surface area contributed by atoms with E-state index >= 15 is 0 Å². The highest BCUT2D eigenvalue weighted by molar-refractivity contribution is 5.93. The summed E-state index contributed by atoms with van der Waals surface area (Å²) in [7, 11) is 0. The molecule has 1 amide bonds. The number of H-pyrrole nitrogens is 1. The topological polar surface area (TPSA) is 85.8 Å². The summed E-state index contributed by atoms with van der Waals surface area (Å²) in [6.07, 6.45) is 2.70. The van der Waals surface area contributed by atoms with E-state index in [1.807, 2.05) is 6.07 Å². The van der Waals surface area contributed by atoms with Crippen molar-refractivity contribution in [3.8, 4) is 6.07 Å². The number of nitrogens with zero attached hydrogens (tertiary/aromatic N) is 1. The van der Waals surface area contributed by atoms with Crippen LogP contribution in [-0.4, -0.2) is 10.9 Å². The zero-order chi connectivity index (χ0) is 14.5. The maximum absolute atomic E-state index is 13.6. The molecule has 0 aliphatic heterocycles. The summed E-state index contributed by atoms with van der Waals surface area (Å²) in [6.45, 7) is -0.0648. The van der Waals surface area contributed by atoms with Crippen molar-refractivity contribution in [1.29, 1.82) is 5.26 Å². The van der Waals surface area contributed by atoms with Gasteiger partial charge in [-0.3, -0.25) is 9.59 Å². The Balaban J connectivity index is 2.10. The Morgan fingerprint density at radius 1 is 1.40 bits per heavy atom. The highest BCUT2D eigenvalue weighted by Crippen LogP contribution is 2.09. The second-order valence-electron chi connectivity index (χ2n) is 4.02. The molecule has 0 unspecified atom stereocenters. The Morgan fingerprint density at radius 3 is 2.85 bits per heavy atom. The first-order valence-electron chi connectivity index (χ1n) is 5.75. The van der Waals surface area contributed by atoms with E-state index in [9.17, 15) is 14.0 Å². The smallest absolute Gasteiger partial charge is 0.257 e. The van der Waals surface area contributed by atoms with E-state index in [0.717, 1.165) is 6.07 Å². The van der Waals surface area contributed by atoms with Crippen LogP contribution < -0.4 is 10.7 Å². The Labute approximate surface area is 113 Å². The number of rotatable bonds is 3. The van der Waals surface area contributed by atoms with Gasteiger partial charge in [0, 0.05) is 30.6 Å². The van der Waals surface area contributed by atoms with Gasteiger partial charge < -0.3 is 10.3 Å². The normalized spacial score (nSPS) is 9.80. The van der Waals surface area contributed by atoms with Crippen LogP contribution in [0.5, 0.6) is 0 Å². The third-order valence-electron chi connectivity index (χ3n) is 2.69. The first kappa shape index (κ1) is 13.5. The molecule has 0 fully saturated rings. The minimum Gasteiger partial charge on any atom is -0.367 e. The molecular formula is C14H10FN3O2. The molecule has 6 heteroatoms. The monoisotopic (exact) mass is 271 g/mol. The molecule has 2 N–H and O–H groups in total. The number of carbonyl (C=O) groups excluding carboxylic acids is 1. The van der Waals surface area contributed by atoms with E-state index in [1.165, 1.54) is 30.6 Å². The van der Waals surface area contributed by atoms with Gasteiger partial charge in [-0.2, -0.15) is 5.26 Å². The fraction of sp³-hybridized carbons (Fsp3) is 0.0714. The SMILES string of the molecule is N#Cc1ccc(CNC(=O)c2c[nH]ccc2=O)c(F)c1. The highest BCUT2D eigenvalue weighted by atomic mass is 19.1. The van der Waals surface area contributed by atoms with Crippen LogP contribution in [0.2, 0.25) is 0 Å². The van der Waals surface area contributed by atoms with Crippen LogP contribution in [0.4, 0.5) is 4.39 Å². The van der Waals surface area contributed by atoms with Crippen molar-refractivity contribution in [2.45, 2.75) is 6.54 Å². The minimum atomic E-state index is -0.587. The van der Waals surface area contributed by atoms with E-state index in [0.29, 0.717) is 0 Å². The molecule has 2 aromatic rings. The molecular weight excluding hydrogens is 261 g/mol. The predicted octanol–water partition coefficient (Wildman–Crippen LogP) is 1.32. The molecule has 0 aliphatic rings. The quantitative estimate of drug-likeness (QED) is 0.882. The minimum absolute atomic E-state index is 0.0402. The summed E-state index contributed by atoms with van der Waals surface area (Å²) < 4.78 is 13.6. The Morgan fingerprint density at radius 2 is 2.20 bits per heavy atom. The van der Waals surface area contributed by atoms with Crippen molar-refractivity contribution in [1.82, 2.24) is 10.3 Å². The zero-order valence-electron chi connectivity index (χ0n) is 10.3. The average Bonchev–Trinajstić information content (AvgIpc) is 2.46. The molecule has 100 valence electrons. The number of hydrogen-bond acceptors (Lipinski definition) is 3. The molecule has 0 bridgehead atoms. The number of benzene rings is 1.